The molecule has 1 atom stereocenters. The summed E-state index contributed by atoms with van der Waals surface area (Å²) >= 11 is 0. The van der Waals surface area contributed by atoms with E-state index in [4.69, 9.17) is 9.84 Å². The number of esters is 1. The van der Waals surface area contributed by atoms with Gasteiger partial charge in [0.25, 0.3) is 0 Å². The summed E-state index contributed by atoms with van der Waals surface area (Å²) < 4.78 is 5.08. The summed E-state index contributed by atoms with van der Waals surface area (Å²) in [5.74, 6) is -1.38. The highest BCUT2D eigenvalue weighted by Gasteiger charge is 2.17. The van der Waals surface area contributed by atoms with E-state index in [1.807, 2.05) is 30.3 Å². The first-order chi connectivity index (χ1) is 9.00. The Morgan fingerprint density at radius 3 is 2.37 bits per heavy atom. The quantitative estimate of drug-likeness (QED) is 0.632. The largest absolute Gasteiger partial charge is 0.478 e. The molecule has 1 aromatic carbocycles. The number of hydrogen-bond donors (Lipinski definition) is 1. The maximum absolute atomic E-state index is 11.3. The molecule has 4 heteroatoms. The number of ether oxygens (including phenoxy) is 1. The van der Waals surface area contributed by atoms with Gasteiger partial charge in [-0.1, -0.05) is 44.2 Å². The fourth-order valence-corrected chi connectivity index (χ4v) is 1.73. The molecule has 0 radical (unpaired) electrons. The van der Waals surface area contributed by atoms with Crippen LogP contribution in [0.3, 0.4) is 0 Å². The van der Waals surface area contributed by atoms with Gasteiger partial charge in [-0.25, -0.2) is 9.59 Å². The predicted octanol–water partition coefficient (Wildman–Crippen LogP) is 2.61. The summed E-state index contributed by atoms with van der Waals surface area (Å²) in [6.45, 7) is 4.35. The SMILES string of the molecule is CC(C)C(COC(=O)/C=C/C(=O)O)c1ccccc1. The van der Waals surface area contributed by atoms with Gasteiger partial charge in [0.1, 0.15) is 0 Å². The number of hydrogen-bond acceptors (Lipinski definition) is 3. The smallest absolute Gasteiger partial charge is 0.331 e. The summed E-state index contributed by atoms with van der Waals surface area (Å²) in [5.41, 5.74) is 1.10. The Kier molecular flexibility index (Phi) is 5.79. The number of carbonyl (C=O) groups excluding carboxylic acids is 1. The lowest BCUT2D eigenvalue weighted by atomic mass is 9.89. The van der Waals surface area contributed by atoms with E-state index in [9.17, 15) is 9.59 Å². The standard InChI is InChI=1S/C15H18O4/c1-11(2)13(12-6-4-3-5-7-12)10-19-15(18)9-8-14(16)17/h3-9,11,13H,10H2,1-2H3,(H,16,17)/b9-8+. The maximum atomic E-state index is 11.3. The summed E-state index contributed by atoms with van der Waals surface area (Å²) in [5, 5.41) is 8.41. The minimum Gasteiger partial charge on any atom is -0.478 e. The molecule has 0 aromatic heterocycles. The number of carboxylic acids is 1. The van der Waals surface area contributed by atoms with Gasteiger partial charge in [-0.15, -0.1) is 0 Å². The minimum absolute atomic E-state index is 0.100. The van der Waals surface area contributed by atoms with Crippen LogP contribution in [0.25, 0.3) is 0 Å². The van der Waals surface area contributed by atoms with Crippen molar-refractivity contribution in [3.05, 3.63) is 48.0 Å². The van der Waals surface area contributed by atoms with Crippen LogP contribution >= 0.6 is 0 Å². The molecule has 1 rings (SSSR count). The van der Waals surface area contributed by atoms with Crippen molar-refractivity contribution in [3.63, 3.8) is 0 Å². The van der Waals surface area contributed by atoms with Crippen molar-refractivity contribution in [2.24, 2.45) is 5.92 Å². The van der Waals surface area contributed by atoms with Crippen molar-refractivity contribution >= 4 is 11.9 Å². The van der Waals surface area contributed by atoms with Crippen LogP contribution < -0.4 is 0 Å². The summed E-state index contributed by atoms with van der Waals surface area (Å²) in [7, 11) is 0. The molecule has 1 aromatic rings. The molecule has 0 heterocycles. The molecule has 0 aliphatic heterocycles. The third kappa shape index (κ3) is 5.38. The zero-order chi connectivity index (χ0) is 14.3. The Morgan fingerprint density at radius 2 is 1.84 bits per heavy atom. The topological polar surface area (TPSA) is 63.6 Å². The van der Waals surface area contributed by atoms with Gasteiger partial charge in [-0.3, -0.25) is 0 Å². The second-order valence-corrected chi connectivity index (χ2v) is 4.56. The monoisotopic (exact) mass is 262 g/mol. The molecule has 1 N–H and O–H groups in total. The summed E-state index contributed by atoms with van der Waals surface area (Å²) in [4.78, 5) is 21.6. The molecule has 0 spiro atoms. The van der Waals surface area contributed by atoms with Crippen LogP contribution in [0.1, 0.15) is 25.3 Å². The number of rotatable bonds is 6. The number of aliphatic carboxylic acids is 1. The zero-order valence-corrected chi connectivity index (χ0v) is 11.1. The molecular weight excluding hydrogens is 244 g/mol. The average molecular weight is 262 g/mol. The fourth-order valence-electron chi connectivity index (χ4n) is 1.73. The lowest BCUT2D eigenvalue weighted by molar-refractivity contribution is -0.139. The molecule has 0 fully saturated rings. The first-order valence-electron chi connectivity index (χ1n) is 6.13. The van der Waals surface area contributed by atoms with Gasteiger partial charge in [0.05, 0.1) is 6.61 Å². The highest BCUT2D eigenvalue weighted by atomic mass is 16.5. The molecule has 102 valence electrons. The van der Waals surface area contributed by atoms with Gasteiger partial charge >= 0.3 is 11.9 Å². The Morgan fingerprint density at radius 1 is 1.21 bits per heavy atom. The molecule has 0 saturated carbocycles. The second kappa shape index (κ2) is 7.36. The van der Waals surface area contributed by atoms with Crippen molar-refractivity contribution < 1.29 is 19.4 Å². The van der Waals surface area contributed by atoms with E-state index in [2.05, 4.69) is 13.8 Å². The average Bonchev–Trinajstić information content (AvgIpc) is 2.37. The Balaban J connectivity index is 2.61. The van der Waals surface area contributed by atoms with Gasteiger partial charge in [0.2, 0.25) is 0 Å². The van der Waals surface area contributed by atoms with E-state index in [1.165, 1.54) is 0 Å². The van der Waals surface area contributed by atoms with E-state index in [0.717, 1.165) is 17.7 Å². The van der Waals surface area contributed by atoms with Crippen LogP contribution in [0.4, 0.5) is 0 Å². The van der Waals surface area contributed by atoms with E-state index >= 15 is 0 Å². The van der Waals surface area contributed by atoms with Gasteiger partial charge in [-0.2, -0.15) is 0 Å². The van der Waals surface area contributed by atoms with Crippen molar-refractivity contribution in [3.8, 4) is 0 Å². The van der Waals surface area contributed by atoms with Crippen LogP contribution in [0, 0.1) is 5.92 Å². The van der Waals surface area contributed by atoms with Crippen molar-refractivity contribution in [1.82, 2.24) is 0 Å². The van der Waals surface area contributed by atoms with Crippen LogP contribution in [-0.4, -0.2) is 23.7 Å². The molecule has 0 aliphatic carbocycles. The first-order valence-corrected chi connectivity index (χ1v) is 6.13. The van der Waals surface area contributed by atoms with E-state index in [1.54, 1.807) is 0 Å². The fraction of sp³-hybridized carbons (Fsp3) is 0.333. The molecule has 0 amide bonds. The van der Waals surface area contributed by atoms with Crippen molar-refractivity contribution in [2.45, 2.75) is 19.8 Å². The van der Waals surface area contributed by atoms with Crippen LogP contribution in [0.2, 0.25) is 0 Å². The molecule has 19 heavy (non-hydrogen) atoms. The first kappa shape index (κ1) is 15.0. The lowest BCUT2D eigenvalue weighted by Crippen LogP contribution is -2.16. The van der Waals surface area contributed by atoms with Crippen molar-refractivity contribution in [1.29, 1.82) is 0 Å². The van der Waals surface area contributed by atoms with Crippen LogP contribution in [-0.2, 0) is 14.3 Å². The van der Waals surface area contributed by atoms with E-state index in [0.29, 0.717) is 5.92 Å². The maximum Gasteiger partial charge on any atom is 0.331 e. The Hall–Kier alpha value is -2.10. The second-order valence-electron chi connectivity index (χ2n) is 4.56. The number of carbonyl (C=O) groups is 2. The zero-order valence-electron chi connectivity index (χ0n) is 11.1. The molecule has 4 nitrogen and oxygen atoms in total. The number of benzene rings is 1. The van der Waals surface area contributed by atoms with E-state index in [-0.39, 0.29) is 12.5 Å². The highest BCUT2D eigenvalue weighted by Crippen LogP contribution is 2.24. The summed E-state index contributed by atoms with van der Waals surface area (Å²) in [6.07, 6.45) is 1.69. The Bertz CT molecular complexity index is 448. The number of carboxylic acid groups (broad SMARTS) is 1. The third-order valence-electron chi connectivity index (χ3n) is 2.80. The van der Waals surface area contributed by atoms with Crippen molar-refractivity contribution in [2.75, 3.05) is 6.61 Å². The molecule has 0 aliphatic rings. The molecule has 1 unspecified atom stereocenters. The molecule has 0 saturated heterocycles. The predicted molar refractivity (Wildman–Crippen MR) is 71.8 cm³/mol. The Labute approximate surface area is 112 Å². The van der Waals surface area contributed by atoms with Gasteiger partial charge in [0.15, 0.2) is 0 Å². The minimum atomic E-state index is -1.17. The normalized spacial score (nSPS) is 12.6. The summed E-state index contributed by atoms with van der Waals surface area (Å²) in [6, 6.07) is 9.80. The van der Waals surface area contributed by atoms with E-state index < -0.39 is 11.9 Å². The highest BCUT2D eigenvalue weighted by molar-refractivity contribution is 5.90. The van der Waals surface area contributed by atoms with Gasteiger partial charge in [0, 0.05) is 18.1 Å². The lowest BCUT2D eigenvalue weighted by Gasteiger charge is -2.20. The van der Waals surface area contributed by atoms with Gasteiger partial charge < -0.3 is 9.84 Å². The third-order valence-corrected chi connectivity index (χ3v) is 2.80. The van der Waals surface area contributed by atoms with Gasteiger partial charge in [-0.05, 0) is 11.5 Å². The molecular formula is C15H18O4. The van der Waals surface area contributed by atoms with Crippen LogP contribution in [0.15, 0.2) is 42.5 Å². The molecule has 0 bridgehead atoms. The van der Waals surface area contributed by atoms with Crippen LogP contribution in [0.5, 0.6) is 0 Å².